The Bertz CT molecular complexity index is 1520. The molecule has 6 rings (SSSR count). The summed E-state index contributed by atoms with van der Waals surface area (Å²) in [6.45, 7) is 0.153. The third-order valence-electron chi connectivity index (χ3n) is 5.91. The molecule has 0 saturated carbocycles. The fourth-order valence-corrected chi connectivity index (χ4v) is 4.45. The highest BCUT2D eigenvalue weighted by Crippen LogP contribution is 2.29. The molecule has 1 aromatic carbocycles. The maximum atomic E-state index is 13.1. The van der Waals surface area contributed by atoms with Gasteiger partial charge in [0, 0.05) is 30.9 Å². The van der Waals surface area contributed by atoms with Crippen LogP contribution in [0.15, 0.2) is 36.8 Å². The van der Waals surface area contributed by atoms with Gasteiger partial charge in [0.1, 0.15) is 5.82 Å². The standard InChI is InChI=1S/C22H19Cl2F2N9O/c23-13-5-15-16(6-14(13)24)31-19(30-15)10-27-17-7-20(33-1-3-36-4-2-33)32-35-18(9-28-21(17)35)12-8-29-34(11-12)22(25)26/h5-9,11,22,27H,1-4,10H2,(H,30,31). The van der Waals surface area contributed by atoms with Crippen molar-refractivity contribution in [2.45, 2.75) is 13.1 Å². The summed E-state index contributed by atoms with van der Waals surface area (Å²) in [5.74, 6) is 1.38. The lowest BCUT2D eigenvalue weighted by molar-refractivity contribution is 0.0566. The van der Waals surface area contributed by atoms with Crippen molar-refractivity contribution < 1.29 is 13.5 Å². The van der Waals surface area contributed by atoms with Crippen LogP contribution < -0.4 is 10.2 Å². The van der Waals surface area contributed by atoms with Gasteiger partial charge in [0.2, 0.25) is 0 Å². The molecule has 5 heterocycles. The molecule has 2 N–H and O–H groups in total. The van der Waals surface area contributed by atoms with Crippen molar-refractivity contribution >= 4 is 51.4 Å². The van der Waals surface area contributed by atoms with Crippen LogP contribution in [0.25, 0.3) is 27.9 Å². The first kappa shape index (κ1) is 23.0. The number of aromatic nitrogens is 7. The summed E-state index contributed by atoms with van der Waals surface area (Å²) >= 11 is 12.2. The number of imidazole rings is 2. The maximum Gasteiger partial charge on any atom is 0.333 e. The van der Waals surface area contributed by atoms with E-state index in [2.05, 4.69) is 30.3 Å². The number of aromatic amines is 1. The molecule has 36 heavy (non-hydrogen) atoms. The van der Waals surface area contributed by atoms with Crippen LogP contribution in [0.1, 0.15) is 12.4 Å². The van der Waals surface area contributed by atoms with E-state index in [0.717, 1.165) is 5.52 Å². The summed E-state index contributed by atoms with van der Waals surface area (Å²) in [6.07, 6.45) is 4.24. The monoisotopic (exact) mass is 533 g/mol. The van der Waals surface area contributed by atoms with Crippen LogP contribution >= 0.6 is 23.2 Å². The molecule has 5 aromatic rings. The number of nitrogens with zero attached hydrogens (tertiary/aromatic N) is 7. The molecule has 1 aliphatic heterocycles. The van der Waals surface area contributed by atoms with Crippen LogP contribution in [0.5, 0.6) is 0 Å². The Hall–Kier alpha value is -3.48. The van der Waals surface area contributed by atoms with Crippen molar-refractivity contribution in [1.29, 1.82) is 0 Å². The average Bonchev–Trinajstić information content (AvgIpc) is 3.61. The highest BCUT2D eigenvalue weighted by atomic mass is 35.5. The number of morpholine rings is 1. The minimum Gasteiger partial charge on any atom is -0.378 e. The minimum absolute atomic E-state index is 0.359. The molecule has 0 amide bonds. The molecule has 4 aromatic heterocycles. The zero-order valence-electron chi connectivity index (χ0n) is 18.6. The molecule has 186 valence electrons. The fourth-order valence-electron chi connectivity index (χ4n) is 4.13. The van der Waals surface area contributed by atoms with E-state index >= 15 is 0 Å². The normalized spacial score (nSPS) is 14.4. The predicted octanol–water partition coefficient (Wildman–Crippen LogP) is 4.62. The second kappa shape index (κ2) is 9.19. The van der Waals surface area contributed by atoms with Crippen molar-refractivity contribution in [3.8, 4) is 11.3 Å². The van der Waals surface area contributed by atoms with Gasteiger partial charge in [0.25, 0.3) is 0 Å². The van der Waals surface area contributed by atoms with E-state index in [1.54, 1.807) is 22.8 Å². The van der Waals surface area contributed by atoms with Gasteiger partial charge in [0.05, 0.1) is 64.6 Å². The van der Waals surface area contributed by atoms with Crippen LogP contribution in [0.2, 0.25) is 10.0 Å². The van der Waals surface area contributed by atoms with Gasteiger partial charge in [-0.25, -0.2) is 19.2 Å². The van der Waals surface area contributed by atoms with Crippen LogP contribution in [0.3, 0.4) is 0 Å². The third kappa shape index (κ3) is 4.21. The van der Waals surface area contributed by atoms with Gasteiger partial charge in [-0.3, -0.25) is 0 Å². The largest absolute Gasteiger partial charge is 0.378 e. The molecule has 0 bridgehead atoms. The number of rotatable bonds is 6. The Morgan fingerprint density at radius 2 is 1.92 bits per heavy atom. The van der Waals surface area contributed by atoms with E-state index < -0.39 is 6.55 Å². The number of nitrogens with one attached hydrogen (secondary N) is 2. The first-order valence-electron chi connectivity index (χ1n) is 11.1. The van der Waals surface area contributed by atoms with E-state index in [1.165, 1.54) is 12.4 Å². The van der Waals surface area contributed by atoms with Gasteiger partial charge in [-0.1, -0.05) is 23.2 Å². The molecule has 1 saturated heterocycles. The van der Waals surface area contributed by atoms with E-state index in [9.17, 15) is 8.78 Å². The topological polar surface area (TPSA) is 101 Å². The summed E-state index contributed by atoms with van der Waals surface area (Å²) in [6, 6.07) is 5.36. The Morgan fingerprint density at radius 1 is 1.11 bits per heavy atom. The van der Waals surface area contributed by atoms with E-state index in [1.807, 2.05) is 6.07 Å². The van der Waals surface area contributed by atoms with Gasteiger partial charge in [-0.15, -0.1) is 5.10 Å². The minimum atomic E-state index is -2.74. The summed E-state index contributed by atoms with van der Waals surface area (Å²) in [5, 5.41) is 12.8. The number of H-pyrrole nitrogens is 1. The lowest BCUT2D eigenvalue weighted by Crippen LogP contribution is -2.37. The van der Waals surface area contributed by atoms with Crippen molar-refractivity contribution in [1.82, 2.24) is 34.3 Å². The zero-order valence-corrected chi connectivity index (χ0v) is 20.1. The molecule has 0 radical (unpaired) electrons. The molecular weight excluding hydrogens is 515 g/mol. The van der Waals surface area contributed by atoms with Crippen LogP contribution in [-0.4, -0.2) is 60.6 Å². The first-order valence-corrected chi connectivity index (χ1v) is 11.8. The number of alkyl halides is 2. The second-order valence-electron chi connectivity index (χ2n) is 8.20. The Balaban J connectivity index is 1.38. The molecule has 0 atom stereocenters. The predicted molar refractivity (Wildman–Crippen MR) is 132 cm³/mol. The fraction of sp³-hybridized carbons (Fsp3) is 0.273. The highest BCUT2D eigenvalue weighted by Gasteiger charge is 2.20. The van der Waals surface area contributed by atoms with Crippen molar-refractivity contribution in [2.75, 3.05) is 36.5 Å². The Kier molecular flexibility index (Phi) is 5.86. The quantitative estimate of drug-likeness (QED) is 0.328. The third-order valence-corrected chi connectivity index (χ3v) is 6.63. The summed E-state index contributed by atoms with van der Waals surface area (Å²) in [4.78, 5) is 14.4. The van der Waals surface area contributed by atoms with Crippen molar-refractivity contribution in [3.05, 3.63) is 52.7 Å². The van der Waals surface area contributed by atoms with Gasteiger partial charge in [0.15, 0.2) is 11.5 Å². The van der Waals surface area contributed by atoms with Crippen LogP contribution in [0, 0.1) is 0 Å². The summed E-state index contributed by atoms with van der Waals surface area (Å²) in [5.41, 5.74) is 3.74. The zero-order chi connectivity index (χ0) is 24.8. The molecule has 14 heteroatoms. The molecule has 10 nitrogen and oxygen atoms in total. The summed E-state index contributed by atoms with van der Waals surface area (Å²) < 4.78 is 33.9. The molecule has 0 aliphatic carbocycles. The number of benzene rings is 1. The molecule has 0 spiro atoms. The Morgan fingerprint density at radius 3 is 2.69 bits per heavy atom. The number of ether oxygens (including phenoxy) is 1. The summed E-state index contributed by atoms with van der Waals surface area (Å²) in [7, 11) is 0. The molecule has 1 fully saturated rings. The van der Waals surface area contributed by atoms with Crippen LogP contribution in [0.4, 0.5) is 20.3 Å². The van der Waals surface area contributed by atoms with Crippen molar-refractivity contribution in [2.24, 2.45) is 0 Å². The van der Waals surface area contributed by atoms with E-state index in [0.29, 0.717) is 87.3 Å². The van der Waals surface area contributed by atoms with Gasteiger partial charge >= 0.3 is 6.55 Å². The number of anilines is 2. The molecule has 0 unspecified atom stereocenters. The number of hydrogen-bond donors (Lipinski definition) is 2. The average molecular weight is 534 g/mol. The van der Waals surface area contributed by atoms with Gasteiger partial charge in [-0.05, 0) is 12.1 Å². The second-order valence-corrected chi connectivity index (χ2v) is 9.02. The van der Waals surface area contributed by atoms with Crippen molar-refractivity contribution in [3.63, 3.8) is 0 Å². The van der Waals surface area contributed by atoms with Gasteiger partial charge in [-0.2, -0.15) is 13.9 Å². The van der Waals surface area contributed by atoms with E-state index in [-0.39, 0.29) is 0 Å². The smallest absolute Gasteiger partial charge is 0.333 e. The number of fused-ring (bicyclic) bond motifs is 2. The van der Waals surface area contributed by atoms with E-state index in [4.69, 9.17) is 33.0 Å². The molecule has 1 aliphatic rings. The lowest BCUT2D eigenvalue weighted by atomic mass is 10.3. The Labute approximate surface area is 212 Å². The number of halogens is 4. The lowest BCUT2D eigenvalue weighted by Gasteiger charge is -2.28. The number of hydrogen-bond acceptors (Lipinski definition) is 7. The molecular formula is C22H19Cl2F2N9O. The first-order chi connectivity index (χ1) is 17.5. The maximum absolute atomic E-state index is 13.1. The van der Waals surface area contributed by atoms with Gasteiger partial charge < -0.3 is 19.9 Å². The van der Waals surface area contributed by atoms with Crippen LogP contribution in [-0.2, 0) is 11.3 Å². The SMILES string of the molecule is FC(F)n1cc(-c2cnc3c(NCc4nc5cc(Cl)c(Cl)cc5[nH]4)cc(N4CCOCC4)nn23)cn1. The highest BCUT2D eigenvalue weighted by molar-refractivity contribution is 6.42.